The number of ether oxygens (including phenoxy) is 2. The number of nitro groups is 1. The third kappa shape index (κ3) is 3.37. The fourth-order valence-electron chi connectivity index (χ4n) is 1.72. The van der Waals surface area contributed by atoms with E-state index in [0.29, 0.717) is 22.1 Å². The molecular weight excluding hydrogens is 378 g/mol. The lowest BCUT2D eigenvalue weighted by Crippen LogP contribution is -1.96. The van der Waals surface area contributed by atoms with Crippen LogP contribution in [0, 0.1) is 10.1 Å². The molecule has 8 heteroatoms. The smallest absolute Gasteiger partial charge is 0.313 e. The van der Waals surface area contributed by atoms with Crippen molar-refractivity contribution in [3.63, 3.8) is 0 Å². The van der Waals surface area contributed by atoms with E-state index >= 15 is 0 Å². The van der Waals surface area contributed by atoms with Crippen molar-refractivity contribution in [2.75, 3.05) is 7.11 Å². The first kappa shape index (κ1) is 16.3. The molecule has 0 fully saturated rings. The second-order valence-corrected chi connectivity index (χ2v) is 5.40. The summed E-state index contributed by atoms with van der Waals surface area (Å²) < 4.78 is 11.2. The summed E-state index contributed by atoms with van der Waals surface area (Å²) in [5, 5.41) is 11.3. The molecule has 0 heterocycles. The molecule has 0 saturated carbocycles. The topological polar surface area (TPSA) is 78.7 Å². The number of methoxy groups -OCH3 is 1. The molecule has 0 aliphatic heterocycles. The van der Waals surface area contributed by atoms with E-state index in [4.69, 9.17) is 21.1 Å². The second kappa shape index (κ2) is 6.76. The van der Waals surface area contributed by atoms with Crippen molar-refractivity contribution in [1.82, 2.24) is 0 Å². The maximum Gasteiger partial charge on any atom is 0.313 e. The molecule has 0 unspecified atom stereocenters. The number of benzene rings is 2. The summed E-state index contributed by atoms with van der Waals surface area (Å²) >= 11 is 8.98. The van der Waals surface area contributed by atoms with Crippen molar-refractivity contribution in [3.05, 3.63) is 55.5 Å². The maximum atomic E-state index is 11.1. The van der Waals surface area contributed by atoms with Gasteiger partial charge in [0.1, 0.15) is 0 Å². The Hall–Kier alpha value is -2.12. The van der Waals surface area contributed by atoms with Crippen LogP contribution in [0.1, 0.15) is 10.4 Å². The normalized spacial score (nSPS) is 10.1. The first-order valence-electron chi connectivity index (χ1n) is 5.90. The summed E-state index contributed by atoms with van der Waals surface area (Å²) in [6.45, 7) is 0. The molecule has 0 atom stereocenters. The quantitative estimate of drug-likeness (QED) is 0.425. The van der Waals surface area contributed by atoms with Crippen LogP contribution in [0.25, 0.3) is 0 Å². The van der Waals surface area contributed by atoms with Gasteiger partial charge in [-0.1, -0.05) is 11.6 Å². The highest BCUT2D eigenvalue weighted by atomic mass is 79.9. The molecule has 0 radical (unpaired) electrons. The Morgan fingerprint density at radius 3 is 2.55 bits per heavy atom. The number of hydrogen-bond acceptors (Lipinski definition) is 5. The molecular formula is C14H9BrClNO5. The first-order chi connectivity index (χ1) is 10.5. The van der Waals surface area contributed by atoms with Gasteiger partial charge in [-0.3, -0.25) is 14.9 Å². The highest BCUT2D eigenvalue weighted by molar-refractivity contribution is 9.10. The number of hydrogen-bond donors (Lipinski definition) is 0. The molecule has 0 aromatic heterocycles. The van der Waals surface area contributed by atoms with E-state index in [1.54, 1.807) is 6.07 Å². The molecule has 0 amide bonds. The van der Waals surface area contributed by atoms with E-state index in [0.717, 1.165) is 0 Å². The molecule has 0 bridgehead atoms. The van der Waals surface area contributed by atoms with E-state index in [-0.39, 0.29) is 22.2 Å². The van der Waals surface area contributed by atoms with Crippen LogP contribution in [0.15, 0.2) is 34.8 Å². The number of nitrogens with zero attached hydrogens (tertiary/aromatic N) is 1. The van der Waals surface area contributed by atoms with Gasteiger partial charge in [-0.25, -0.2) is 0 Å². The van der Waals surface area contributed by atoms with Crippen LogP contribution in [0.3, 0.4) is 0 Å². The lowest BCUT2D eigenvalue weighted by Gasteiger charge is -2.12. The van der Waals surface area contributed by atoms with Crippen LogP contribution in [0.4, 0.5) is 5.69 Å². The van der Waals surface area contributed by atoms with Crippen molar-refractivity contribution in [2.45, 2.75) is 0 Å². The van der Waals surface area contributed by atoms with Crippen LogP contribution < -0.4 is 9.47 Å². The summed E-state index contributed by atoms with van der Waals surface area (Å²) in [6.07, 6.45) is 0.632. The van der Waals surface area contributed by atoms with Gasteiger partial charge in [0, 0.05) is 21.1 Å². The number of halogens is 2. The van der Waals surface area contributed by atoms with Crippen LogP contribution in [-0.4, -0.2) is 18.3 Å². The van der Waals surface area contributed by atoms with E-state index in [1.807, 2.05) is 0 Å². The van der Waals surface area contributed by atoms with Crippen LogP contribution >= 0.6 is 27.5 Å². The molecule has 22 heavy (non-hydrogen) atoms. The van der Waals surface area contributed by atoms with Gasteiger partial charge in [0.2, 0.25) is 5.75 Å². The summed E-state index contributed by atoms with van der Waals surface area (Å²) in [5.41, 5.74) is 0.0394. The third-order valence-corrected chi connectivity index (χ3v) is 3.67. The van der Waals surface area contributed by atoms with Gasteiger partial charge in [0.15, 0.2) is 17.8 Å². The van der Waals surface area contributed by atoms with E-state index in [9.17, 15) is 14.9 Å². The minimum absolute atomic E-state index is 0.00753. The molecule has 114 valence electrons. The molecule has 2 aromatic rings. The Kier molecular flexibility index (Phi) is 4.99. The van der Waals surface area contributed by atoms with Gasteiger partial charge >= 0.3 is 5.69 Å². The summed E-state index contributed by atoms with van der Waals surface area (Å²) in [4.78, 5) is 21.5. The SMILES string of the molecule is COc1cc(Br)c(C=O)cc1Oc1ccc(Cl)cc1[N+](=O)[O-]. The molecule has 0 spiro atoms. The Labute approximate surface area is 138 Å². The third-order valence-electron chi connectivity index (χ3n) is 2.75. The van der Waals surface area contributed by atoms with Crippen molar-refractivity contribution < 1.29 is 19.2 Å². The Bertz CT molecular complexity index is 750. The zero-order valence-corrected chi connectivity index (χ0v) is 13.6. The van der Waals surface area contributed by atoms with Crippen LogP contribution in [-0.2, 0) is 0 Å². The Morgan fingerprint density at radius 1 is 1.23 bits per heavy atom. The predicted molar refractivity (Wildman–Crippen MR) is 84.3 cm³/mol. The lowest BCUT2D eigenvalue weighted by molar-refractivity contribution is -0.385. The first-order valence-corrected chi connectivity index (χ1v) is 7.08. The lowest BCUT2D eigenvalue weighted by atomic mass is 10.2. The minimum Gasteiger partial charge on any atom is -0.493 e. The standard InChI is InChI=1S/C14H9BrClNO5/c1-21-13-6-10(15)8(7-18)4-14(13)22-12-3-2-9(16)5-11(12)17(19)20/h2-7H,1H3. The number of aldehydes is 1. The summed E-state index contributed by atoms with van der Waals surface area (Å²) in [7, 11) is 1.42. The monoisotopic (exact) mass is 385 g/mol. The van der Waals surface area contributed by atoms with Crippen molar-refractivity contribution >= 4 is 39.5 Å². The molecule has 2 rings (SSSR count). The zero-order chi connectivity index (χ0) is 16.3. The largest absolute Gasteiger partial charge is 0.493 e. The van der Waals surface area contributed by atoms with E-state index < -0.39 is 4.92 Å². The van der Waals surface area contributed by atoms with Gasteiger partial charge in [0.05, 0.1) is 12.0 Å². The summed E-state index contributed by atoms with van der Waals surface area (Å²) in [6, 6.07) is 7.00. The van der Waals surface area contributed by atoms with Crippen molar-refractivity contribution in [3.8, 4) is 17.2 Å². The average Bonchev–Trinajstić information content (AvgIpc) is 2.49. The van der Waals surface area contributed by atoms with Crippen LogP contribution in [0.5, 0.6) is 17.2 Å². The van der Waals surface area contributed by atoms with Gasteiger partial charge in [0.25, 0.3) is 0 Å². The van der Waals surface area contributed by atoms with Gasteiger partial charge < -0.3 is 9.47 Å². The Morgan fingerprint density at radius 2 is 1.95 bits per heavy atom. The van der Waals surface area contributed by atoms with Crippen molar-refractivity contribution in [1.29, 1.82) is 0 Å². The number of rotatable bonds is 5. The van der Waals surface area contributed by atoms with Gasteiger partial charge in [-0.2, -0.15) is 0 Å². The second-order valence-electron chi connectivity index (χ2n) is 4.11. The van der Waals surface area contributed by atoms with E-state index in [2.05, 4.69) is 15.9 Å². The van der Waals surface area contributed by atoms with Gasteiger partial charge in [-0.15, -0.1) is 0 Å². The predicted octanol–water partition coefficient (Wildman–Crippen LogP) is 4.62. The molecule has 0 aliphatic carbocycles. The number of carbonyl (C=O) groups is 1. The molecule has 6 nitrogen and oxygen atoms in total. The fraction of sp³-hybridized carbons (Fsp3) is 0.0714. The fourth-order valence-corrected chi connectivity index (χ4v) is 2.30. The Balaban J connectivity index is 2.51. The highest BCUT2D eigenvalue weighted by Crippen LogP contribution is 2.39. The molecule has 2 aromatic carbocycles. The highest BCUT2D eigenvalue weighted by Gasteiger charge is 2.19. The van der Waals surface area contributed by atoms with E-state index in [1.165, 1.54) is 31.4 Å². The number of nitro benzene ring substituents is 1. The summed E-state index contributed by atoms with van der Waals surface area (Å²) in [5.74, 6) is 0.492. The number of carbonyl (C=O) groups excluding carboxylic acids is 1. The maximum absolute atomic E-state index is 11.1. The average molecular weight is 387 g/mol. The molecule has 0 N–H and O–H groups in total. The minimum atomic E-state index is -0.604. The zero-order valence-electron chi connectivity index (χ0n) is 11.2. The van der Waals surface area contributed by atoms with Gasteiger partial charge in [-0.05, 0) is 40.2 Å². The molecule has 0 aliphatic rings. The van der Waals surface area contributed by atoms with Crippen LogP contribution in [0.2, 0.25) is 5.02 Å². The molecule has 0 saturated heterocycles. The van der Waals surface area contributed by atoms with Crippen molar-refractivity contribution in [2.24, 2.45) is 0 Å².